The molecule has 0 aliphatic carbocycles. The SMILES string of the molecule is CCOc1ccccc1NC(=O)C(C)n1ccc2cc(OC)ccc21. The molecule has 5 nitrogen and oxygen atoms in total. The fourth-order valence-electron chi connectivity index (χ4n) is 2.82. The molecule has 1 heterocycles. The van der Waals surface area contributed by atoms with E-state index in [2.05, 4.69) is 5.32 Å². The number of ether oxygens (including phenoxy) is 2. The normalized spacial score (nSPS) is 12.0. The first-order valence-corrected chi connectivity index (χ1v) is 8.31. The van der Waals surface area contributed by atoms with Crippen molar-refractivity contribution in [3.05, 3.63) is 54.7 Å². The standard InChI is InChI=1S/C20H22N2O3/c1-4-25-19-8-6-5-7-17(19)21-20(23)14(2)22-12-11-15-13-16(24-3)9-10-18(15)22/h5-14H,4H2,1-3H3,(H,21,23). The Morgan fingerprint density at radius 3 is 2.76 bits per heavy atom. The van der Waals surface area contributed by atoms with E-state index in [4.69, 9.17) is 9.47 Å². The van der Waals surface area contributed by atoms with Gasteiger partial charge in [0.15, 0.2) is 0 Å². The quantitative estimate of drug-likeness (QED) is 0.731. The molecule has 5 heteroatoms. The minimum absolute atomic E-state index is 0.0968. The number of anilines is 1. The first kappa shape index (κ1) is 16.9. The van der Waals surface area contributed by atoms with E-state index in [1.54, 1.807) is 7.11 Å². The van der Waals surface area contributed by atoms with E-state index in [0.29, 0.717) is 18.0 Å². The Morgan fingerprint density at radius 2 is 2.00 bits per heavy atom. The predicted octanol–water partition coefficient (Wildman–Crippen LogP) is 4.25. The fourth-order valence-corrected chi connectivity index (χ4v) is 2.82. The maximum absolute atomic E-state index is 12.7. The van der Waals surface area contributed by atoms with E-state index in [-0.39, 0.29) is 11.9 Å². The fraction of sp³-hybridized carbons (Fsp3) is 0.250. The molecule has 130 valence electrons. The van der Waals surface area contributed by atoms with Crippen LogP contribution in [0.25, 0.3) is 10.9 Å². The van der Waals surface area contributed by atoms with E-state index >= 15 is 0 Å². The maximum Gasteiger partial charge on any atom is 0.247 e. The summed E-state index contributed by atoms with van der Waals surface area (Å²) in [5.41, 5.74) is 1.67. The average molecular weight is 338 g/mol. The number of para-hydroxylation sites is 2. The van der Waals surface area contributed by atoms with Gasteiger partial charge in [0.1, 0.15) is 17.5 Å². The number of aromatic nitrogens is 1. The van der Waals surface area contributed by atoms with Crippen molar-refractivity contribution in [3.63, 3.8) is 0 Å². The van der Waals surface area contributed by atoms with Gasteiger partial charge < -0.3 is 19.4 Å². The molecule has 0 fully saturated rings. The Hall–Kier alpha value is -2.95. The summed E-state index contributed by atoms with van der Waals surface area (Å²) < 4.78 is 12.8. The minimum Gasteiger partial charge on any atom is -0.497 e. The zero-order valence-electron chi connectivity index (χ0n) is 14.7. The van der Waals surface area contributed by atoms with Crippen LogP contribution in [0.2, 0.25) is 0 Å². The zero-order valence-corrected chi connectivity index (χ0v) is 14.7. The Kier molecular flexibility index (Phi) is 4.93. The smallest absolute Gasteiger partial charge is 0.247 e. The van der Waals surface area contributed by atoms with Crippen molar-refractivity contribution in [1.29, 1.82) is 0 Å². The van der Waals surface area contributed by atoms with Crippen LogP contribution in [0, 0.1) is 0 Å². The molecule has 0 aliphatic rings. The number of nitrogens with zero attached hydrogens (tertiary/aromatic N) is 1. The van der Waals surface area contributed by atoms with Crippen molar-refractivity contribution < 1.29 is 14.3 Å². The van der Waals surface area contributed by atoms with Gasteiger partial charge in [-0.3, -0.25) is 4.79 Å². The van der Waals surface area contributed by atoms with Crippen LogP contribution >= 0.6 is 0 Å². The average Bonchev–Trinajstić information content (AvgIpc) is 3.05. The van der Waals surface area contributed by atoms with E-state index < -0.39 is 0 Å². The third-order valence-electron chi connectivity index (χ3n) is 4.17. The molecule has 0 aliphatic heterocycles. The van der Waals surface area contributed by atoms with Gasteiger partial charge in [-0.2, -0.15) is 0 Å². The lowest BCUT2D eigenvalue weighted by atomic mass is 10.2. The lowest BCUT2D eigenvalue weighted by Gasteiger charge is -2.17. The zero-order chi connectivity index (χ0) is 17.8. The molecule has 25 heavy (non-hydrogen) atoms. The van der Waals surface area contributed by atoms with Crippen molar-refractivity contribution >= 4 is 22.5 Å². The topological polar surface area (TPSA) is 52.5 Å². The highest BCUT2D eigenvalue weighted by atomic mass is 16.5. The van der Waals surface area contributed by atoms with Gasteiger partial charge in [-0.1, -0.05) is 12.1 Å². The second kappa shape index (κ2) is 7.30. The number of methoxy groups -OCH3 is 1. The van der Waals surface area contributed by atoms with Gasteiger partial charge in [0.2, 0.25) is 5.91 Å². The van der Waals surface area contributed by atoms with Gasteiger partial charge in [0.25, 0.3) is 0 Å². The number of hydrogen-bond donors (Lipinski definition) is 1. The first-order chi connectivity index (χ1) is 12.1. The number of amides is 1. The van der Waals surface area contributed by atoms with Crippen molar-refractivity contribution in [3.8, 4) is 11.5 Å². The van der Waals surface area contributed by atoms with Gasteiger partial charge in [-0.25, -0.2) is 0 Å². The van der Waals surface area contributed by atoms with Gasteiger partial charge in [-0.05, 0) is 50.2 Å². The Labute approximate surface area is 147 Å². The van der Waals surface area contributed by atoms with Crippen molar-refractivity contribution in [2.75, 3.05) is 19.0 Å². The van der Waals surface area contributed by atoms with Gasteiger partial charge >= 0.3 is 0 Å². The van der Waals surface area contributed by atoms with Crippen LogP contribution in [0.1, 0.15) is 19.9 Å². The Bertz CT molecular complexity index is 886. The number of fused-ring (bicyclic) bond motifs is 1. The van der Waals surface area contributed by atoms with Crippen LogP contribution in [-0.4, -0.2) is 24.2 Å². The summed E-state index contributed by atoms with van der Waals surface area (Å²) in [6.45, 7) is 4.34. The Balaban J connectivity index is 1.84. The molecule has 0 saturated heterocycles. The number of hydrogen-bond acceptors (Lipinski definition) is 3. The van der Waals surface area contributed by atoms with Crippen molar-refractivity contribution in [2.45, 2.75) is 19.9 Å². The Morgan fingerprint density at radius 1 is 1.20 bits per heavy atom. The lowest BCUT2D eigenvalue weighted by Crippen LogP contribution is -2.23. The molecule has 0 radical (unpaired) electrons. The number of nitrogens with one attached hydrogen (secondary N) is 1. The van der Waals surface area contributed by atoms with Gasteiger partial charge in [-0.15, -0.1) is 0 Å². The van der Waals surface area contributed by atoms with Gasteiger partial charge in [0.05, 0.1) is 19.4 Å². The summed E-state index contributed by atoms with van der Waals surface area (Å²) in [5.74, 6) is 1.38. The molecule has 1 unspecified atom stereocenters. The highest BCUT2D eigenvalue weighted by Crippen LogP contribution is 2.27. The maximum atomic E-state index is 12.7. The van der Waals surface area contributed by atoms with Crippen LogP contribution in [-0.2, 0) is 4.79 Å². The molecule has 1 aromatic heterocycles. The van der Waals surface area contributed by atoms with Crippen LogP contribution < -0.4 is 14.8 Å². The van der Waals surface area contributed by atoms with Crippen LogP contribution in [0.3, 0.4) is 0 Å². The summed E-state index contributed by atoms with van der Waals surface area (Å²) in [7, 11) is 1.64. The highest BCUT2D eigenvalue weighted by Gasteiger charge is 2.18. The molecule has 0 spiro atoms. The molecule has 1 atom stereocenters. The highest BCUT2D eigenvalue weighted by molar-refractivity contribution is 5.96. The molecule has 0 bridgehead atoms. The molecule has 3 aromatic rings. The molecule has 1 amide bonds. The minimum atomic E-state index is -0.361. The molecule has 2 aromatic carbocycles. The molecular formula is C20H22N2O3. The summed E-state index contributed by atoms with van der Waals surface area (Å²) in [4.78, 5) is 12.7. The summed E-state index contributed by atoms with van der Waals surface area (Å²) in [6, 6.07) is 14.9. The van der Waals surface area contributed by atoms with Crippen molar-refractivity contribution in [1.82, 2.24) is 4.57 Å². The van der Waals surface area contributed by atoms with Crippen molar-refractivity contribution in [2.24, 2.45) is 0 Å². The van der Waals surface area contributed by atoms with Crippen LogP contribution in [0.15, 0.2) is 54.7 Å². The number of benzene rings is 2. The summed E-state index contributed by atoms with van der Waals surface area (Å²) in [6.07, 6.45) is 1.92. The predicted molar refractivity (Wildman–Crippen MR) is 99.4 cm³/mol. The number of rotatable bonds is 6. The lowest BCUT2D eigenvalue weighted by molar-refractivity contribution is -0.118. The van der Waals surface area contributed by atoms with Gasteiger partial charge in [0, 0.05) is 17.1 Å². The second-order valence-corrected chi connectivity index (χ2v) is 5.74. The summed E-state index contributed by atoms with van der Waals surface area (Å²) >= 11 is 0. The molecule has 3 rings (SSSR count). The third kappa shape index (κ3) is 3.45. The molecule has 1 N–H and O–H groups in total. The number of carbonyl (C=O) groups is 1. The molecular weight excluding hydrogens is 316 g/mol. The van der Waals surface area contributed by atoms with E-state index in [0.717, 1.165) is 16.7 Å². The molecule has 0 saturated carbocycles. The second-order valence-electron chi connectivity index (χ2n) is 5.74. The van der Waals surface area contributed by atoms with Crippen LogP contribution in [0.5, 0.6) is 11.5 Å². The summed E-state index contributed by atoms with van der Waals surface area (Å²) in [5, 5.41) is 4.00. The first-order valence-electron chi connectivity index (χ1n) is 8.31. The monoisotopic (exact) mass is 338 g/mol. The third-order valence-corrected chi connectivity index (χ3v) is 4.17. The van der Waals surface area contributed by atoms with Crippen LogP contribution in [0.4, 0.5) is 5.69 Å². The van der Waals surface area contributed by atoms with E-state index in [1.165, 1.54) is 0 Å². The van der Waals surface area contributed by atoms with E-state index in [9.17, 15) is 4.79 Å². The largest absolute Gasteiger partial charge is 0.497 e. The van der Waals surface area contributed by atoms with E-state index in [1.807, 2.05) is 73.1 Å². The number of carbonyl (C=O) groups excluding carboxylic acids is 1.